The second-order valence-corrected chi connectivity index (χ2v) is 6.32. The van der Waals surface area contributed by atoms with Gasteiger partial charge in [0.15, 0.2) is 0 Å². The van der Waals surface area contributed by atoms with E-state index >= 15 is 0 Å². The summed E-state index contributed by atoms with van der Waals surface area (Å²) < 4.78 is 10.8. The van der Waals surface area contributed by atoms with Crippen molar-refractivity contribution in [2.75, 3.05) is 20.8 Å². The van der Waals surface area contributed by atoms with Crippen molar-refractivity contribution in [1.82, 2.24) is 15.5 Å². The molecule has 0 amide bonds. The normalized spacial score (nSPS) is 12.1. The third-order valence-electron chi connectivity index (χ3n) is 4.32. The Hall–Kier alpha value is -2.63. The zero-order chi connectivity index (χ0) is 18.4. The highest BCUT2D eigenvalue weighted by atomic mass is 16.5. The molecule has 0 radical (unpaired) electrons. The van der Waals surface area contributed by atoms with Gasteiger partial charge in [-0.2, -0.15) is 5.10 Å². The van der Waals surface area contributed by atoms with Crippen molar-refractivity contribution in [3.8, 4) is 28.1 Å². The van der Waals surface area contributed by atoms with Crippen molar-refractivity contribution in [3.05, 3.63) is 60.3 Å². The molecule has 26 heavy (non-hydrogen) atoms. The van der Waals surface area contributed by atoms with Crippen LogP contribution in [0.25, 0.3) is 22.4 Å². The van der Waals surface area contributed by atoms with Gasteiger partial charge in [0.25, 0.3) is 0 Å². The van der Waals surface area contributed by atoms with Crippen LogP contribution < -0.4 is 10.1 Å². The molecule has 0 saturated heterocycles. The first kappa shape index (κ1) is 18.2. The van der Waals surface area contributed by atoms with E-state index in [-0.39, 0.29) is 0 Å². The first-order chi connectivity index (χ1) is 12.7. The van der Waals surface area contributed by atoms with E-state index in [2.05, 4.69) is 58.8 Å². The van der Waals surface area contributed by atoms with Crippen molar-refractivity contribution in [2.45, 2.75) is 19.5 Å². The molecule has 0 saturated carbocycles. The lowest BCUT2D eigenvalue weighted by Gasteiger charge is -2.15. The van der Waals surface area contributed by atoms with Gasteiger partial charge in [0.05, 0.1) is 19.4 Å². The van der Waals surface area contributed by atoms with Crippen molar-refractivity contribution in [3.63, 3.8) is 0 Å². The fourth-order valence-electron chi connectivity index (χ4n) is 2.96. The predicted molar refractivity (Wildman–Crippen MR) is 104 cm³/mol. The number of aromatic amines is 1. The summed E-state index contributed by atoms with van der Waals surface area (Å²) in [6, 6.07) is 16.9. The maximum Gasteiger partial charge on any atom is 0.126 e. The number of benzene rings is 2. The van der Waals surface area contributed by atoms with Gasteiger partial charge in [-0.1, -0.05) is 24.3 Å². The van der Waals surface area contributed by atoms with Gasteiger partial charge in [-0.15, -0.1) is 0 Å². The van der Waals surface area contributed by atoms with E-state index in [1.807, 2.05) is 12.1 Å². The van der Waals surface area contributed by atoms with E-state index in [0.29, 0.717) is 12.6 Å². The number of methoxy groups -OCH3 is 2. The summed E-state index contributed by atoms with van der Waals surface area (Å²) in [4.78, 5) is 0. The quantitative estimate of drug-likeness (QED) is 0.647. The minimum absolute atomic E-state index is 0.300. The van der Waals surface area contributed by atoms with Crippen LogP contribution in [0, 0.1) is 0 Å². The van der Waals surface area contributed by atoms with E-state index in [9.17, 15) is 0 Å². The van der Waals surface area contributed by atoms with Gasteiger partial charge in [0.2, 0.25) is 0 Å². The molecular weight excluding hydrogens is 326 g/mol. The Kier molecular flexibility index (Phi) is 6.04. The average molecular weight is 351 g/mol. The Morgan fingerprint density at radius 2 is 1.92 bits per heavy atom. The highest BCUT2D eigenvalue weighted by Gasteiger charge is 2.10. The molecule has 1 heterocycles. The van der Waals surface area contributed by atoms with Gasteiger partial charge in [0.1, 0.15) is 5.75 Å². The Labute approximate surface area is 154 Å². The molecule has 5 nitrogen and oxygen atoms in total. The van der Waals surface area contributed by atoms with Crippen LogP contribution in [0.4, 0.5) is 0 Å². The fraction of sp³-hybridized carbons (Fsp3) is 0.286. The maximum atomic E-state index is 5.59. The third-order valence-corrected chi connectivity index (χ3v) is 4.32. The molecule has 0 aliphatic carbocycles. The lowest BCUT2D eigenvalue weighted by Crippen LogP contribution is -2.29. The van der Waals surface area contributed by atoms with Gasteiger partial charge in [-0.25, -0.2) is 0 Å². The van der Waals surface area contributed by atoms with Gasteiger partial charge < -0.3 is 14.8 Å². The number of hydrogen-bond donors (Lipinski definition) is 2. The highest BCUT2D eigenvalue weighted by Crippen LogP contribution is 2.33. The van der Waals surface area contributed by atoms with Crippen molar-refractivity contribution < 1.29 is 9.47 Å². The van der Waals surface area contributed by atoms with E-state index in [0.717, 1.165) is 34.7 Å². The summed E-state index contributed by atoms with van der Waals surface area (Å²) in [7, 11) is 3.42. The summed E-state index contributed by atoms with van der Waals surface area (Å²) in [6.07, 6.45) is 1.76. The molecule has 5 heteroatoms. The maximum absolute atomic E-state index is 5.59. The molecule has 3 rings (SSSR count). The molecule has 2 aromatic carbocycles. The lowest BCUT2D eigenvalue weighted by atomic mass is 9.99. The predicted octanol–water partition coefficient (Wildman–Crippen LogP) is 3.88. The molecule has 0 spiro atoms. The lowest BCUT2D eigenvalue weighted by molar-refractivity contribution is 0.171. The van der Waals surface area contributed by atoms with Gasteiger partial charge in [0, 0.05) is 37.0 Å². The molecule has 0 aliphatic heterocycles. The molecule has 1 aromatic heterocycles. The number of H-pyrrole nitrogens is 1. The van der Waals surface area contributed by atoms with Crippen LogP contribution in [0.15, 0.2) is 54.7 Å². The van der Waals surface area contributed by atoms with Crippen LogP contribution in [0.1, 0.15) is 12.5 Å². The summed E-state index contributed by atoms with van der Waals surface area (Å²) in [5, 5.41) is 10.5. The van der Waals surface area contributed by atoms with Crippen molar-refractivity contribution >= 4 is 0 Å². The molecule has 1 atom stereocenters. The monoisotopic (exact) mass is 351 g/mol. The number of ether oxygens (including phenoxy) is 2. The number of nitrogens with one attached hydrogen (secondary N) is 2. The molecule has 0 aliphatic rings. The standard InChI is InChI=1S/C21H25N3O2/c1-15(14-25-2)22-13-16-7-8-21(26-3)19(11-16)17-5-4-6-18(12-17)20-9-10-23-24-20/h4-12,15,22H,13-14H2,1-3H3,(H,23,24)/t15-/m1/s1. The van der Waals surface area contributed by atoms with Gasteiger partial charge >= 0.3 is 0 Å². The van der Waals surface area contributed by atoms with Gasteiger partial charge in [-0.05, 0) is 42.3 Å². The minimum atomic E-state index is 0.300. The van der Waals surface area contributed by atoms with Crippen LogP contribution in [-0.4, -0.2) is 37.1 Å². The average Bonchev–Trinajstić information content (AvgIpc) is 3.21. The summed E-state index contributed by atoms with van der Waals surface area (Å²) in [5.41, 5.74) is 5.49. The summed E-state index contributed by atoms with van der Waals surface area (Å²) in [5.74, 6) is 0.862. The molecule has 136 valence electrons. The Bertz CT molecular complexity index is 831. The second kappa shape index (κ2) is 8.65. The van der Waals surface area contributed by atoms with E-state index < -0.39 is 0 Å². The first-order valence-electron chi connectivity index (χ1n) is 8.70. The highest BCUT2D eigenvalue weighted by molar-refractivity contribution is 5.75. The Morgan fingerprint density at radius 3 is 2.65 bits per heavy atom. The number of nitrogens with zero attached hydrogens (tertiary/aromatic N) is 1. The molecule has 0 unspecified atom stereocenters. The zero-order valence-electron chi connectivity index (χ0n) is 15.5. The van der Waals surface area contributed by atoms with E-state index in [1.54, 1.807) is 20.4 Å². The van der Waals surface area contributed by atoms with Crippen LogP contribution in [0.2, 0.25) is 0 Å². The second-order valence-electron chi connectivity index (χ2n) is 6.32. The first-order valence-corrected chi connectivity index (χ1v) is 8.70. The molecule has 0 bridgehead atoms. The van der Waals surface area contributed by atoms with E-state index in [4.69, 9.17) is 9.47 Å². The molecule has 2 N–H and O–H groups in total. The molecule has 3 aromatic rings. The minimum Gasteiger partial charge on any atom is -0.496 e. The number of aromatic nitrogens is 2. The third kappa shape index (κ3) is 4.31. The van der Waals surface area contributed by atoms with Crippen LogP contribution in [0.5, 0.6) is 5.75 Å². The van der Waals surface area contributed by atoms with Crippen molar-refractivity contribution in [2.24, 2.45) is 0 Å². The summed E-state index contributed by atoms with van der Waals surface area (Å²) >= 11 is 0. The summed E-state index contributed by atoms with van der Waals surface area (Å²) in [6.45, 7) is 3.58. The SMILES string of the molecule is COC[C@@H](C)NCc1ccc(OC)c(-c2cccc(-c3ccn[nH]3)c2)c1. The molecule has 0 fully saturated rings. The topological polar surface area (TPSA) is 59.2 Å². The zero-order valence-corrected chi connectivity index (χ0v) is 15.5. The van der Waals surface area contributed by atoms with Crippen molar-refractivity contribution in [1.29, 1.82) is 0 Å². The Morgan fingerprint density at radius 1 is 1.08 bits per heavy atom. The van der Waals surface area contributed by atoms with E-state index in [1.165, 1.54) is 5.56 Å². The Balaban J connectivity index is 1.88. The number of hydrogen-bond acceptors (Lipinski definition) is 4. The smallest absolute Gasteiger partial charge is 0.126 e. The number of rotatable bonds is 8. The fourth-order valence-corrected chi connectivity index (χ4v) is 2.96. The van der Waals surface area contributed by atoms with Crippen LogP contribution in [-0.2, 0) is 11.3 Å². The largest absolute Gasteiger partial charge is 0.496 e. The molecular formula is C21H25N3O2. The van der Waals surface area contributed by atoms with Gasteiger partial charge in [-0.3, -0.25) is 5.10 Å². The van der Waals surface area contributed by atoms with Crippen LogP contribution in [0.3, 0.4) is 0 Å². The van der Waals surface area contributed by atoms with Crippen LogP contribution >= 0.6 is 0 Å².